The van der Waals surface area contributed by atoms with Gasteiger partial charge >= 0.3 is 5.97 Å². The molecule has 2 heterocycles. The molecule has 28 heavy (non-hydrogen) atoms. The predicted octanol–water partition coefficient (Wildman–Crippen LogP) is 3.67. The SMILES string of the molecule is COCCOC(=O)c1c(C)[nH]c(C(=O)N[C@H](C)c2cc3ccccc3o2)c1C. The maximum Gasteiger partial charge on any atom is 0.340 e. The summed E-state index contributed by atoms with van der Waals surface area (Å²) >= 11 is 0. The first-order valence-electron chi connectivity index (χ1n) is 9.07. The molecule has 0 aliphatic rings. The van der Waals surface area contributed by atoms with E-state index in [1.54, 1.807) is 13.8 Å². The minimum absolute atomic E-state index is 0.157. The third-order valence-corrected chi connectivity index (χ3v) is 4.61. The highest BCUT2D eigenvalue weighted by Gasteiger charge is 2.24. The number of fused-ring (bicyclic) bond motifs is 1. The van der Waals surface area contributed by atoms with Crippen molar-refractivity contribution in [3.63, 3.8) is 0 Å². The van der Waals surface area contributed by atoms with Crippen LogP contribution < -0.4 is 5.32 Å². The van der Waals surface area contributed by atoms with Gasteiger partial charge in [-0.3, -0.25) is 4.79 Å². The Labute approximate surface area is 163 Å². The number of hydrogen-bond donors (Lipinski definition) is 2. The standard InChI is InChI=1S/C21H24N2O5/c1-12-18(21(25)27-10-9-26-4)14(3)22-19(12)20(24)23-13(2)17-11-15-7-5-6-8-16(15)28-17/h5-8,11,13,22H,9-10H2,1-4H3,(H,23,24)/t13-/m1/s1. The number of esters is 1. The Bertz CT molecular complexity index is 969. The number of para-hydroxylation sites is 1. The van der Waals surface area contributed by atoms with Gasteiger partial charge in [0.15, 0.2) is 0 Å². The van der Waals surface area contributed by atoms with E-state index in [4.69, 9.17) is 13.9 Å². The van der Waals surface area contributed by atoms with Crippen molar-refractivity contribution in [1.82, 2.24) is 10.3 Å². The van der Waals surface area contributed by atoms with Crippen molar-refractivity contribution in [2.45, 2.75) is 26.8 Å². The Balaban J connectivity index is 1.75. The molecule has 148 valence electrons. The van der Waals surface area contributed by atoms with Crippen molar-refractivity contribution < 1.29 is 23.5 Å². The van der Waals surface area contributed by atoms with Crippen LogP contribution >= 0.6 is 0 Å². The summed E-state index contributed by atoms with van der Waals surface area (Å²) in [5, 5.41) is 3.89. The topological polar surface area (TPSA) is 93.6 Å². The van der Waals surface area contributed by atoms with E-state index < -0.39 is 5.97 Å². The van der Waals surface area contributed by atoms with E-state index in [9.17, 15) is 9.59 Å². The molecule has 0 radical (unpaired) electrons. The summed E-state index contributed by atoms with van der Waals surface area (Å²) in [5.41, 5.74) is 2.61. The lowest BCUT2D eigenvalue weighted by atomic mass is 10.1. The molecule has 0 saturated carbocycles. The fourth-order valence-corrected chi connectivity index (χ4v) is 3.13. The van der Waals surface area contributed by atoms with Gasteiger partial charge in [-0.25, -0.2) is 4.79 Å². The molecule has 0 fully saturated rings. The first kappa shape index (κ1) is 19.7. The first-order valence-corrected chi connectivity index (χ1v) is 9.07. The summed E-state index contributed by atoms with van der Waals surface area (Å²) in [5.74, 6) is -0.133. The number of furan rings is 1. The molecule has 0 unspecified atom stereocenters. The van der Waals surface area contributed by atoms with Gasteiger partial charge in [0.25, 0.3) is 5.91 Å². The molecule has 1 aromatic carbocycles. The molecule has 1 atom stereocenters. The van der Waals surface area contributed by atoms with Gasteiger partial charge in [0.2, 0.25) is 0 Å². The van der Waals surface area contributed by atoms with Crippen LogP contribution in [0.1, 0.15) is 50.8 Å². The number of nitrogens with one attached hydrogen (secondary N) is 2. The Morgan fingerprint density at radius 3 is 2.68 bits per heavy atom. The average Bonchev–Trinajstić information content (AvgIpc) is 3.22. The number of benzene rings is 1. The zero-order valence-corrected chi connectivity index (χ0v) is 16.4. The molecule has 3 aromatic rings. The number of aromatic amines is 1. The van der Waals surface area contributed by atoms with Gasteiger partial charge in [-0.2, -0.15) is 0 Å². The van der Waals surface area contributed by atoms with Crippen molar-refractivity contribution in [1.29, 1.82) is 0 Å². The Morgan fingerprint density at radius 2 is 1.96 bits per heavy atom. The van der Waals surface area contributed by atoms with Crippen LogP contribution in [-0.2, 0) is 9.47 Å². The fraction of sp³-hybridized carbons (Fsp3) is 0.333. The monoisotopic (exact) mass is 384 g/mol. The van der Waals surface area contributed by atoms with Gasteiger partial charge in [-0.1, -0.05) is 18.2 Å². The van der Waals surface area contributed by atoms with Gasteiger partial charge in [0, 0.05) is 18.2 Å². The van der Waals surface area contributed by atoms with E-state index in [2.05, 4.69) is 10.3 Å². The molecule has 0 aliphatic carbocycles. The number of aromatic nitrogens is 1. The quantitative estimate of drug-likeness (QED) is 0.479. The number of rotatable bonds is 7. The number of H-pyrrole nitrogens is 1. The fourth-order valence-electron chi connectivity index (χ4n) is 3.13. The molecule has 7 heteroatoms. The minimum Gasteiger partial charge on any atom is -0.460 e. The molecule has 0 spiro atoms. The third kappa shape index (κ3) is 3.94. The molecule has 3 rings (SSSR count). The normalized spacial score (nSPS) is 12.1. The number of carbonyl (C=O) groups excluding carboxylic acids is 2. The third-order valence-electron chi connectivity index (χ3n) is 4.61. The summed E-state index contributed by atoms with van der Waals surface area (Å²) in [4.78, 5) is 28.0. The summed E-state index contributed by atoms with van der Waals surface area (Å²) in [6.45, 7) is 5.78. The number of methoxy groups -OCH3 is 1. The van der Waals surface area contributed by atoms with Crippen LogP contribution in [-0.4, -0.2) is 37.2 Å². The van der Waals surface area contributed by atoms with Crippen LogP contribution in [0.5, 0.6) is 0 Å². The summed E-state index contributed by atoms with van der Waals surface area (Å²) in [7, 11) is 1.53. The van der Waals surface area contributed by atoms with Crippen LogP contribution in [0.4, 0.5) is 0 Å². The highest BCUT2D eigenvalue weighted by Crippen LogP contribution is 2.25. The van der Waals surface area contributed by atoms with Gasteiger partial charge in [0.05, 0.1) is 18.2 Å². The van der Waals surface area contributed by atoms with Crippen molar-refractivity contribution in [3.8, 4) is 0 Å². The Morgan fingerprint density at radius 1 is 1.21 bits per heavy atom. The van der Waals surface area contributed by atoms with Crippen LogP contribution in [0.25, 0.3) is 11.0 Å². The van der Waals surface area contributed by atoms with Crippen LogP contribution in [0.15, 0.2) is 34.7 Å². The molecule has 2 aromatic heterocycles. The Kier molecular flexibility index (Phi) is 5.84. The number of aryl methyl sites for hydroxylation is 1. The van der Waals surface area contributed by atoms with E-state index in [-0.39, 0.29) is 18.6 Å². The van der Waals surface area contributed by atoms with Crippen LogP contribution in [0.3, 0.4) is 0 Å². The largest absolute Gasteiger partial charge is 0.460 e. The maximum absolute atomic E-state index is 12.8. The van der Waals surface area contributed by atoms with E-state index in [1.165, 1.54) is 7.11 Å². The van der Waals surface area contributed by atoms with Crippen molar-refractivity contribution in [2.24, 2.45) is 0 Å². The number of amides is 1. The van der Waals surface area contributed by atoms with E-state index in [0.717, 1.165) is 11.0 Å². The summed E-state index contributed by atoms with van der Waals surface area (Å²) < 4.78 is 15.9. The molecule has 1 amide bonds. The lowest BCUT2D eigenvalue weighted by molar-refractivity contribution is 0.0387. The smallest absolute Gasteiger partial charge is 0.340 e. The van der Waals surface area contributed by atoms with Gasteiger partial charge < -0.3 is 24.2 Å². The highest BCUT2D eigenvalue weighted by atomic mass is 16.6. The van der Waals surface area contributed by atoms with Crippen molar-refractivity contribution >= 4 is 22.8 Å². The summed E-state index contributed by atoms with van der Waals surface area (Å²) in [6, 6.07) is 9.25. The van der Waals surface area contributed by atoms with Gasteiger partial charge in [-0.15, -0.1) is 0 Å². The molecule has 0 bridgehead atoms. The van der Waals surface area contributed by atoms with Crippen molar-refractivity contribution in [2.75, 3.05) is 20.3 Å². The average molecular weight is 384 g/mol. The zero-order chi connectivity index (χ0) is 20.3. The second kappa shape index (κ2) is 8.31. The number of hydrogen-bond acceptors (Lipinski definition) is 5. The molecular formula is C21H24N2O5. The molecule has 7 nitrogen and oxygen atoms in total. The molecule has 0 aliphatic heterocycles. The van der Waals surface area contributed by atoms with Gasteiger partial charge in [0.1, 0.15) is 23.6 Å². The van der Waals surface area contributed by atoms with Crippen molar-refractivity contribution in [3.05, 3.63) is 58.6 Å². The van der Waals surface area contributed by atoms with Crippen LogP contribution in [0, 0.1) is 13.8 Å². The predicted molar refractivity (Wildman–Crippen MR) is 105 cm³/mol. The second-order valence-electron chi connectivity index (χ2n) is 6.64. The van der Waals surface area contributed by atoms with Gasteiger partial charge in [-0.05, 0) is 38.5 Å². The van der Waals surface area contributed by atoms with E-state index in [1.807, 2.05) is 37.3 Å². The minimum atomic E-state index is -0.479. The second-order valence-corrected chi connectivity index (χ2v) is 6.64. The molecular weight excluding hydrogens is 360 g/mol. The lowest BCUT2D eigenvalue weighted by Gasteiger charge is -2.11. The number of carbonyl (C=O) groups is 2. The first-order chi connectivity index (χ1) is 13.4. The molecule has 0 saturated heterocycles. The highest BCUT2D eigenvalue weighted by molar-refractivity contribution is 6.00. The Hall–Kier alpha value is -3.06. The van der Waals surface area contributed by atoms with E-state index >= 15 is 0 Å². The zero-order valence-electron chi connectivity index (χ0n) is 16.4. The summed E-state index contributed by atoms with van der Waals surface area (Å²) in [6.07, 6.45) is 0. The van der Waals surface area contributed by atoms with Crippen LogP contribution in [0.2, 0.25) is 0 Å². The maximum atomic E-state index is 12.8. The van der Waals surface area contributed by atoms with E-state index in [0.29, 0.717) is 34.9 Å². The number of ether oxygens (including phenoxy) is 2. The molecule has 2 N–H and O–H groups in total. The lowest BCUT2D eigenvalue weighted by Crippen LogP contribution is -2.27.